The van der Waals surface area contributed by atoms with E-state index in [1.165, 1.54) is 77.0 Å². The van der Waals surface area contributed by atoms with Gasteiger partial charge in [0.05, 0.1) is 6.61 Å². The van der Waals surface area contributed by atoms with Crippen molar-refractivity contribution in [1.82, 2.24) is 0 Å². The van der Waals surface area contributed by atoms with Gasteiger partial charge < -0.3 is 29.9 Å². The molecule has 1 fully saturated rings. The highest BCUT2D eigenvalue weighted by atomic mass is 16.7. The molecule has 1 saturated heterocycles. The number of ether oxygens (including phenoxy) is 2. The Labute approximate surface area is 171 Å². The summed E-state index contributed by atoms with van der Waals surface area (Å²) in [4.78, 5) is 0. The summed E-state index contributed by atoms with van der Waals surface area (Å²) in [6.07, 6.45) is 12.1. The highest BCUT2D eigenvalue weighted by molar-refractivity contribution is 4.89. The van der Waals surface area contributed by atoms with Crippen LogP contribution in [0.3, 0.4) is 0 Å². The SMILES string of the molecule is CCCCCCCCCCCCCCCCO[C@@H]1[C@@H](O)[C@H](O)[C@@H](CO)O[C@@H]1O. The minimum absolute atomic E-state index is 0.413. The highest BCUT2D eigenvalue weighted by Crippen LogP contribution is 2.22. The summed E-state index contributed by atoms with van der Waals surface area (Å²) in [7, 11) is 0. The van der Waals surface area contributed by atoms with Crippen molar-refractivity contribution in [2.75, 3.05) is 13.2 Å². The van der Waals surface area contributed by atoms with Crippen molar-refractivity contribution in [1.29, 1.82) is 0 Å². The van der Waals surface area contributed by atoms with Gasteiger partial charge in [-0.05, 0) is 6.42 Å². The molecule has 4 N–H and O–H groups in total. The van der Waals surface area contributed by atoms with Gasteiger partial charge in [0.25, 0.3) is 0 Å². The van der Waals surface area contributed by atoms with Gasteiger partial charge in [-0.1, -0.05) is 90.4 Å². The minimum Gasteiger partial charge on any atom is -0.394 e. The van der Waals surface area contributed by atoms with Crippen LogP contribution >= 0.6 is 0 Å². The molecule has 0 aromatic heterocycles. The van der Waals surface area contributed by atoms with Gasteiger partial charge in [-0.25, -0.2) is 0 Å². The molecule has 0 amide bonds. The van der Waals surface area contributed by atoms with Crippen LogP contribution in [0.5, 0.6) is 0 Å². The molecule has 0 unspecified atom stereocenters. The van der Waals surface area contributed by atoms with Crippen molar-refractivity contribution in [3.8, 4) is 0 Å². The molecule has 0 bridgehead atoms. The summed E-state index contributed by atoms with van der Waals surface area (Å²) in [5.41, 5.74) is 0. The van der Waals surface area contributed by atoms with E-state index in [1.54, 1.807) is 0 Å². The fourth-order valence-electron chi connectivity index (χ4n) is 3.77. The van der Waals surface area contributed by atoms with Crippen LogP contribution in [-0.2, 0) is 9.47 Å². The molecule has 0 spiro atoms. The molecule has 1 aliphatic heterocycles. The maximum absolute atomic E-state index is 10.00. The van der Waals surface area contributed by atoms with Crippen LogP contribution in [0, 0.1) is 0 Å². The Kier molecular flexibility index (Phi) is 15.2. The number of aliphatic hydroxyl groups excluding tert-OH is 4. The Morgan fingerprint density at radius 3 is 1.61 bits per heavy atom. The molecule has 168 valence electrons. The highest BCUT2D eigenvalue weighted by Gasteiger charge is 2.44. The maximum atomic E-state index is 10.00. The number of aliphatic hydroxyl groups is 4. The fourth-order valence-corrected chi connectivity index (χ4v) is 3.77. The number of hydrogen-bond acceptors (Lipinski definition) is 6. The lowest BCUT2D eigenvalue weighted by Crippen LogP contribution is -2.59. The third-order valence-electron chi connectivity index (χ3n) is 5.65. The number of unbranched alkanes of at least 4 members (excludes halogenated alkanes) is 13. The molecule has 0 aromatic carbocycles. The van der Waals surface area contributed by atoms with E-state index in [-0.39, 0.29) is 0 Å². The molecule has 0 radical (unpaired) electrons. The average molecular weight is 405 g/mol. The van der Waals surface area contributed by atoms with E-state index in [9.17, 15) is 15.3 Å². The van der Waals surface area contributed by atoms with Gasteiger partial charge in [-0.2, -0.15) is 0 Å². The number of rotatable bonds is 17. The molecule has 0 aliphatic carbocycles. The van der Waals surface area contributed by atoms with Crippen molar-refractivity contribution < 1.29 is 29.9 Å². The van der Waals surface area contributed by atoms with Crippen molar-refractivity contribution in [2.24, 2.45) is 0 Å². The first kappa shape index (κ1) is 25.8. The molecule has 28 heavy (non-hydrogen) atoms. The Morgan fingerprint density at radius 1 is 0.679 bits per heavy atom. The van der Waals surface area contributed by atoms with Crippen LogP contribution in [0.15, 0.2) is 0 Å². The average Bonchev–Trinajstić information content (AvgIpc) is 2.69. The molecule has 1 rings (SSSR count). The normalized spacial score (nSPS) is 28.0. The first-order chi connectivity index (χ1) is 13.6. The Balaban J connectivity index is 1.90. The van der Waals surface area contributed by atoms with Crippen molar-refractivity contribution in [3.63, 3.8) is 0 Å². The molecule has 1 aliphatic rings. The van der Waals surface area contributed by atoms with Crippen LogP contribution in [-0.4, -0.2) is 64.3 Å². The van der Waals surface area contributed by atoms with Crippen LogP contribution in [0.2, 0.25) is 0 Å². The maximum Gasteiger partial charge on any atom is 0.184 e. The topological polar surface area (TPSA) is 99.4 Å². The standard InChI is InChI=1S/C22H44O6/c1-2-3-4-5-6-7-8-9-10-11-12-13-14-15-16-27-21-20(25)19(24)18(17-23)28-22(21)26/h18-26H,2-17H2,1H3/t18-,19-,20+,21-,22+/m1/s1. The smallest absolute Gasteiger partial charge is 0.184 e. The van der Waals surface area contributed by atoms with Gasteiger partial charge in [0.15, 0.2) is 6.29 Å². The Morgan fingerprint density at radius 2 is 1.14 bits per heavy atom. The molecule has 6 nitrogen and oxygen atoms in total. The van der Waals surface area contributed by atoms with Gasteiger partial charge in [-0.3, -0.25) is 0 Å². The van der Waals surface area contributed by atoms with E-state index >= 15 is 0 Å². The van der Waals surface area contributed by atoms with Gasteiger partial charge >= 0.3 is 0 Å². The fraction of sp³-hybridized carbons (Fsp3) is 1.00. The summed E-state index contributed by atoms with van der Waals surface area (Å²) in [6.45, 7) is 2.21. The lowest BCUT2D eigenvalue weighted by Gasteiger charge is -2.39. The van der Waals surface area contributed by atoms with E-state index in [0.717, 1.165) is 12.8 Å². The second kappa shape index (κ2) is 16.5. The van der Waals surface area contributed by atoms with E-state index in [0.29, 0.717) is 6.61 Å². The Hall–Kier alpha value is -0.240. The zero-order valence-electron chi connectivity index (χ0n) is 17.8. The monoisotopic (exact) mass is 404 g/mol. The predicted molar refractivity (Wildman–Crippen MR) is 110 cm³/mol. The molecular formula is C22H44O6. The molecule has 1 heterocycles. The first-order valence-electron chi connectivity index (χ1n) is 11.5. The third kappa shape index (κ3) is 10.5. The van der Waals surface area contributed by atoms with Crippen molar-refractivity contribution in [2.45, 2.75) is 128 Å². The molecule has 6 heteroatoms. The van der Waals surface area contributed by atoms with Crippen LogP contribution < -0.4 is 0 Å². The predicted octanol–water partition coefficient (Wildman–Crippen LogP) is 3.28. The second-order valence-corrected chi connectivity index (χ2v) is 8.16. The quantitative estimate of drug-likeness (QED) is 0.278. The Bertz CT molecular complexity index is 354. The number of hydrogen-bond donors (Lipinski definition) is 4. The lowest BCUT2D eigenvalue weighted by molar-refractivity contribution is -0.296. The van der Waals surface area contributed by atoms with Crippen LogP contribution in [0.1, 0.15) is 96.8 Å². The van der Waals surface area contributed by atoms with Gasteiger partial charge in [-0.15, -0.1) is 0 Å². The van der Waals surface area contributed by atoms with Crippen molar-refractivity contribution in [3.05, 3.63) is 0 Å². The molecule has 0 aromatic rings. The van der Waals surface area contributed by atoms with Gasteiger partial charge in [0, 0.05) is 6.61 Å². The second-order valence-electron chi connectivity index (χ2n) is 8.16. The van der Waals surface area contributed by atoms with E-state index < -0.39 is 37.3 Å². The summed E-state index contributed by atoms with van der Waals surface area (Å²) >= 11 is 0. The van der Waals surface area contributed by atoms with E-state index in [4.69, 9.17) is 14.6 Å². The summed E-state index contributed by atoms with van der Waals surface area (Å²) in [5, 5.41) is 38.7. The lowest BCUT2D eigenvalue weighted by atomic mass is 9.99. The summed E-state index contributed by atoms with van der Waals surface area (Å²) in [6, 6.07) is 0. The third-order valence-corrected chi connectivity index (χ3v) is 5.65. The molecule has 5 atom stereocenters. The largest absolute Gasteiger partial charge is 0.394 e. The minimum atomic E-state index is -1.33. The van der Waals surface area contributed by atoms with Crippen LogP contribution in [0.25, 0.3) is 0 Å². The zero-order valence-corrected chi connectivity index (χ0v) is 17.8. The zero-order chi connectivity index (χ0) is 20.6. The molecular weight excluding hydrogens is 360 g/mol. The summed E-state index contributed by atoms with van der Waals surface area (Å²) < 4.78 is 10.6. The van der Waals surface area contributed by atoms with Gasteiger partial charge in [0.2, 0.25) is 0 Å². The van der Waals surface area contributed by atoms with E-state index in [2.05, 4.69) is 6.92 Å². The molecule has 0 saturated carbocycles. The van der Waals surface area contributed by atoms with Gasteiger partial charge in [0.1, 0.15) is 24.4 Å². The first-order valence-corrected chi connectivity index (χ1v) is 11.5. The van der Waals surface area contributed by atoms with Crippen LogP contribution in [0.4, 0.5) is 0 Å². The van der Waals surface area contributed by atoms with E-state index in [1.807, 2.05) is 0 Å². The van der Waals surface area contributed by atoms with Crippen molar-refractivity contribution >= 4 is 0 Å². The summed E-state index contributed by atoms with van der Waals surface area (Å²) in [5.74, 6) is 0.